The minimum absolute atomic E-state index is 0.0386. The van der Waals surface area contributed by atoms with E-state index in [1.165, 1.54) is 20.0 Å². The van der Waals surface area contributed by atoms with Gasteiger partial charge in [-0.2, -0.15) is 0 Å². The second-order valence-corrected chi connectivity index (χ2v) is 8.05. The van der Waals surface area contributed by atoms with E-state index in [2.05, 4.69) is 32.9 Å². The van der Waals surface area contributed by atoms with Crippen molar-refractivity contribution in [2.75, 3.05) is 7.11 Å². The van der Waals surface area contributed by atoms with Gasteiger partial charge in [0.25, 0.3) is 0 Å². The Kier molecular flexibility index (Phi) is 5.08. The number of hydrogen-bond acceptors (Lipinski definition) is 3. The molecule has 0 N–H and O–H groups in total. The van der Waals surface area contributed by atoms with E-state index < -0.39 is 0 Å². The summed E-state index contributed by atoms with van der Waals surface area (Å²) >= 11 is 0. The standard InChI is InChI=1S/C23H28O3/c1-22(2)13-8-14-23(22,3)19-15-18(21(24)25-4)11-12-20(19)26-16-17-9-6-5-7-10-17/h5-7,9-12,15H,8,13-14,16H2,1-4H3/t23-/m1/s1. The van der Waals surface area contributed by atoms with Crippen LogP contribution in [0.3, 0.4) is 0 Å². The van der Waals surface area contributed by atoms with Crippen LogP contribution in [0, 0.1) is 5.41 Å². The van der Waals surface area contributed by atoms with Gasteiger partial charge >= 0.3 is 5.97 Å². The van der Waals surface area contributed by atoms with Crippen LogP contribution in [0.4, 0.5) is 0 Å². The van der Waals surface area contributed by atoms with Gasteiger partial charge in [-0.15, -0.1) is 0 Å². The molecule has 3 rings (SSSR count). The number of carbonyl (C=O) groups excluding carboxylic acids is 1. The molecule has 0 bridgehead atoms. The molecule has 2 aromatic rings. The van der Waals surface area contributed by atoms with Crippen molar-refractivity contribution in [3.05, 3.63) is 65.2 Å². The van der Waals surface area contributed by atoms with Gasteiger partial charge in [-0.05, 0) is 42.0 Å². The van der Waals surface area contributed by atoms with Gasteiger partial charge in [0.05, 0.1) is 12.7 Å². The fourth-order valence-electron chi connectivity index (χ4n) is 4.06. The maximum atomic E-state index is 12.1. The highest BCUT2D eigenvalue weighted by Gasteiger charge is 2.47. The first-order chi connectivity index (χ1) is 12.4. The molecule has 0 amide bonds. The molecule has 1 aliphatic carbocycles. The van der Waals surface area contributed by atoms with E-state index in [1.54, 1.807) is 6.07 Å². The molecular weight excluding hydrogens is 324 g/mol. The molecule has 0 unspecified atom stereocenters. The minimum atomic E-state index is -0.305. The molecule has 26 heavy (non-hydrogen) atoms. The summed E-state index contributed by atoms with van der Waals surface area (Å²) in [6, 6.07) is 15.8. The number of hydrogen-bond donors (Lipinski definition) is 0. The molecule has 3 heteroatoms. The highest BCUT2D eigenvalue weighted by Crippen LogP contribution is 2.55. The Bertz CT molecular complexity index is 779. The third kappa shape index (κ3) is 3.35. The predicted molar refractivity (Wildman–Crippen MR) is 104 cm³/mol. The third-order valence-corrected chi connectivity index (χ3v) is 6.20. The van der Waals surface area contributed by atoms with Gasteiger partial charge in [-0.3, -0.25) is 0 Å². The number of methoxy groups -OCH3 is 1. The molecule has 0 saturated heterocycles. The summed E-state index contributed by atoms with van der Waals surface area (Å²) in [5, 5.41) is 0. The van der Waals surface area contributed by atoms with Gasteiger partial charge in [0.2, 0.25) is 0 Å². The first-order valence-corrected chi connectivity index (χ1v) is 9.27. The number of ether oxygens (including phenoxy) is 2. The zero-order valence-electron chi connectivity index (χ0n) is 16.2. The number of rotatable bonds is 5. The fraction of sp³-hybridized carbons (Fsp3) is 0.435. The normalized spacial score (nSPS) is 21.4. The molecule has 0 aromatic heterocycles. The molecule has 0 aliphatic heterocycles. The van der Waals surface area contributed by atoms with E-state index in [4.69, 9.17) is 9.47 Å². The van der Waals surface area contributed by atoms with Crippen molar-refractivity contribution in [3.63, 3.8) is 0 Å². The molecule has 0 heterocycles. The summed E-state index contributed by atoms with van der Waals surface area (Å²) in [4.78, 5) is 12.1. The average Bonchev–Trinajstić information content (AvgIpc) is 2.93. The fourth-order valence-corrected chi connectivity index (χ4v) is 4.06. The van der Waals surface area contributed by atoms with Crippen LogP contribution in [-0.2, 0) is 16.8 Å². The zero-order chi connectivity index (χ0) is 18.8. The van der Waals surface area contributed by atoms with Crippen molar-refractivity contribution >= 4 is 5.97 Å². The second-order valence-electron chi connectivity index (χ2n) is 8.05. The summed E-state index contributed by atoms with van der Waals surface area (Å²) in [5.41, 5.74) is 2.93. The topological polar surface area (TPSA) is 35.5 Å². The van der Waals surface area contributed by atoms with Gasteiger partial charge < -0.3 is 9.47 Å². The lowest BCUT2D eigenvalue weighted by Crippen LogP contribution is -2.34. The lowest BCUT2D eigenvalue weighted by Gasteiger charge is -2.40. The summed E-state index contributed by atoms with van der Waals surface area (Å²) in [6.45, 7) is 7.44. The van der Waals surface area contributed by atoms with Crippen molar-refractivity contribution < 1.29 is 14.3 Å². The third-order valence-electron chi connectivity index (χ3n) is 6.20. The predicted octanol–water partition coefficient (Wildman–Crippen LogP) is 5.52. The monoisotopic (exact) mass is 352 g/mol. The molecule has 0 radical (unpaired) electrons. The van der Waals surface area contributed by atoms with Crippen LogP contribution in [0.5, 0.6) is 5.75 Å². The van der Waals surface area contributed by atoms with Crippen molar-refractivity contribution in [1.29, 1.82) is 0 Å². The van der Waals surface area contributed by atoms with Gasteiger partial charge in [-0.1, -0.05) is 57.5 Å². The Labute approximate surface area is 156 Å². The van der Waals surface area contributed by atoms with Crippen LogP contribution in [0.1, 0.15) is 61.5 Å². The molecule has 0 spiro atoms. The highest BCUT2D eigenvalue weighted by molar-refractivity contribution is 5.89. The smallest absolute Gasteiger partial charge is 0.337 e. The maximum absolute atomic E-state index is 12.1. The number of benzene rings is 2. The number of carbonyl (C=O) groups is 1. The van der Waals surface area contributed by atoms with E-state index in [1.807, 2.05) is 30.3 Å². The summed E-state index contributed by atoms with van der Waals surface area (Å²) in [6.07, 6.45) is 3.44. The molecular formula is C23H28O3. The van der Waals surface area contributed by atoms with Crippen LogP contribution in [0.25, 0.3) is 0 Å². The van der Waals surface area contributed by atoms with E-state index >= 15 is 0 Å². The first kappa shape index (κ1) is 18.5. The van der Waals surface area contributed by atoms with E-state index in [0.717, 1.165) is 23.3 Å². The average molecular weight is 352 g/mol. The van der Waals surface area contributed by atoms with E-state index in [-0.39, 0.29) is 16.8 Å². The van der Waals surface area contributed by atoms with Crippen LogP contribution in [0.15, 0.2) is 48.5 Å². The second kappa shape index (κ2) is 7.14. The van der Waals surface area contributed by atoms with Crippen LogP contribution in [-0.4, -0.2) is 13.1 Å². The van der Waals surface area contributed by atoms with Crippen LogP contribution in [0.2, 0.25) is 0 Å². The Morgan fingerprint density at radius 1 is 1.04 bits per heavy atom. The Morgan fingerprint density at radius 3 is 2.38 bits per heavy atom. The van der Waals surface area contributed by atoms with Crippen molar-refractivity contribution in [2.24, 2.45) is 5.41 Å². The van der Waals surface area contributed by atoms with Crippen molar-refractivity contribution in [2.45, 2.75) is 52.1 Å². The zero-order valence-corrected chi connectivity index (χ0v) is 16.2. The van der Waals surface area contributed by atoms with Gasteiger partial charge in [0.15, 0.2) is 0 Å². The Balaban J connectivity index is 1.99. The molecule has 2 aromatic carbocycles. The van der Waals surface area contributed by atoms with Gasteiger partial charge in [0.1, 0.15) is 12.4 Å². The molecule has 1 aliphatic rings. The first-order valence-electron chi connectivity index (χ1n) is 9.27. The molecule has 1 saturated carbocycles. The number of esters is 1. The molecule has 1 atom stereocenters. The Morgan fingerprint density at radius 2 is 1.77 bits per heavy atom. The van der Waals surface area contributed by atoms with E-state index in [0.29, 0.717) is 12.2 Å². The summed E-state index contributed by atoms with van der Waals surface area (Å²) < 4.78 is 11.1. The molecule has 138 valence electrons. The SMILES string of the molecule is COC(=O)c1ccc(OCc2ccccc2)c([C@@]2(C)CCCC2(C)C)c1. The highest BCUT2D eigenvalue weighted by atomic mass is 16.5. The van der Waals surface area contributed by atoms with Crippen LogP contribution >= 0.6 is 0 Å². The summed E-state index contributed by atoms with van der Waals surface area (Å²) in [5.74, 6) is 0.555. The van der Waals surface area contributed by atoms with Crippen LogP contribution < -0.4 is 4.74 Å². The lowest BCUT2D eigenvalue weighted by atomic mass is 9.65. The maximum Gasteiger partial charge on any atom is 0.337 e. The lowest BCUT2D eigenvalue weighted by molar-refractivity contribution is 0.0600. The molecule has 3 nitrogen and oxygen atoms in total. The quantitative estimate of drug-likeness (QED) is 0.665. The van der Waals surface area contributed by atoms with Gasteiger partial charge in [0, 0.05) is 11.0 Å². The van der Waals surface area contributed by atoms with E-state index in [9.17, 15) is 4.79 Å². The van der Waals surface area contributed by atoms with Crippen molar-refractivity contribution in [3.8, 4) is 5.75 Å². The Hall–Kier alpha value is -2.29. The molecule has 1 fully saturated rings. The minimum Gasteiger partial charge on any atom is -0.489 e. The van der Waals surface area contributed by atoms with Gasteiger partial charge in [-0.25, -0.2) is 4.79 Å². The van der Waals surface area contributed by atoms with Crippen molar-refractivity contribution in [1.82, 2.24) is 0 Å². The largest absolute Gasteiger partial charge is 0.489 e. The summed E-state index contributed by atoms with van der Waals surface area (Å²) in [7, 11) is 1.42.